The number of piperidine rings is 1. The Hall–Kier alpha value is -0.0800. The number of rotatable bonds is 2. The van der Waals surface area contributed by atoms with Crippen molar-refractivity contribution in [3.8, 4) is 0 Å². The second-order valence-corrected chi connectivity index (χ2v) is 7.15. The van der Waals surface area contributed by atoms with E-state index in [1.54, 1.807) is 0 Å². The Kier molecular flexibility index (Phi) is 5.08. The van der Waals surface area contributed by atoms with Crippen molar-refractivity contribution in [3.05, 3.63) is 0 Å². The summed E-state index contributed by atoms with van der Waals surface area (Å²) in [6.45, 7) is 7.49. The second-order valence-electron chi connectivity index (χ2n) is 7.15. The predicted octanol–water partition coefficient (Wildman–Crippen LogP) is 3.42. The van der Waals surface area contributed by atoms with Gasteiger partial charge in [-0.25, -0.2) is 0 Å². The third-order valence-electron chi connectivity index (χ3n) is 5.22. The maximum absolute atomic E-state index is 3.60. The van der Waals surface area contributed by atoms with Crippen LogP contribution in [0.25, 0.3) is 0 Å². The molecule has 0 amide bonds. The Morgan fingerprint density at radius 3 is 2.17 bits per heavy atom. The number of hydrogen-bond donors (Lipinski definition) is 1. The molecule has 1 saturated heterocycles. The van der Waals surface area contributed by atoms with Crippen LogP contribution in [0.1, 0.15) is 65.2 Å². The monoisotopic (exact) mass is 252 g/mol. The predicted molar refractivity (Wildman–Crippen MR) is 78.9 cm³/mol. The van der Waals surface area contributed by atoms with Gasteiger partial charge >= 0.3 is 0 Å². The summed E-state index contributed by atoms with van der Waals surface area (Å²) >= 11 is 0. The normalized spacial score (nSPS) is 34.8. The van der Waals surface area contributed by atoms with Gasteiger partial charge < -0.3 is 5.32 Å². The summed E-state index contributed by atoms with van der Waals surface area (Å²) in [5.41, 5.74) is 0.577. The minimum Gasteiger partial charge on any atom is -0.315 e. The van der Waals surface area contributed by atoms with Crippen molar-refractivity contribution >= 4 is 0 Å². The molecule has 1 heterocycles. The number of likely N-dealkylation sites (N-methyl/N-ethyl adjacent to an activating group) is 1. The van der Waals surface area contributed by atoms with Crippen LogP contribution in [0.4, 0.5) is 0 Å². The molecule has 2 aliphatic rings. The zero-order chi connectivity index (χ0) is 13.0. The molecule has 1 aliphatic heterocycles. The molecule has 1 N–H and O–H groups in total. The first kappa shape index (κ1) is 14.3. The third-order valence-corrected chi connectivity index (χ3v) is 5.22. The van der Waals surface area contributed by atoms with Crippen LogP contribution in [-0.4, -0.2) is 37.1 Å². The smallest absolute Gasteiger partial charge is 0.0249 e. The van der Waals surface area contributed by atoms with E-state index in [4.69, 9.17) is 0 Å². The molecule has 106 valence electrons. The lowest BCUT2D eigenvalue weighted by Crippen LogP contribution is -2.52. The summed E-state index contributed by atoms with van der Waals surface area (Å²) in [5, 5.41) is 3.60. The molecule has 0 aromatic rings. The van der Waals surface area contributed by atoms with Crippen molar-refractivity contribution in [2.45, 2.75) is 77.3 Å². The minimum absolute atomic E-state index is 0.577. The highest BCUT2D eigenvalue weighted by Crippen LogP contribution is 2.32. The molecule has 0 spiro atoms. The van der Waals surface area contributed by atoms with Gasteiger partial charge in [-0.05, 0) is 51.2 Å². The van der Waals surface area contributed by atoms with Gasteiger partial charge in [-0.2, -0.15) is 0 Å². The molecule has 0 radical (unpaired) electrons. The average molecular weight is 252 g/mol. The number of hydrogen-bond acceptors (Lipinski definition) is 2. The van der Waals surface area contributed by atoms with Crippen LogP contribution in [0.2, 0.25) is 0 Å². The van der Waals surface area contributed by atoms with Gasteiger partial charge in [-0.15, -0.1) is 0 Å². The Morgan fingerprint density at radius 1 is 0.944 bits per heavy atom. The molecule has 2 heteroatoms. The van der Waals surface area contributed by atoms with Crippen LogP contribution >= 0.6 is 0 Å². The first-order valence-electron chi connectivity index (χ1n) is 8.04. The van der Waals surface area contributed by atoms with E-state index in [1.165, 1.54) is 64.5 Å². The third kappa shape index (κ3) is 3.71. The van der Waals surface area contributed by atoms with Crippen LogP contribution in [0, 0.1) is 5.41 Å². The van der Waals surface area contributed by atoms with E-state index < -0.39 is 0 Å². The fourth-order valence-electron chi connectivity index (χ4n) is 3.70. The summed E-state index contributed by atoms with van der Waals surface area (Å²) in [4.78, 5) is 2.79. The Labute approximate surface area is 114 Å². The molecule has 1 saturated carbocycles. The van der Waals surface area contributed by atoms with Crippen molar-refractivity contribution in [1.82, 2.24) is 10.2 Å². The first-order chi connectivity index (χ1) is 8.62. The maximum atomic E-state index is 3.60. The van der Waals surface area contributed by atoms with Crippen LogP contribution in [0.5, 0.6) is 0 Å². The average Bonchev–Trinajstić information content (AvgIpc) is 2.30. The van der Waals surface area contributed by atoms with Crippen LogP contribution < -0.4 is 5.32 Å². The van der Waals surface area contributed by atoms with Crippen LogP contribution in [0.3, 0.4) is 0 Å². The first-order valence-corrected chi connectivity index (χ1v) is 8.04. The van der Waals surface area contributed by atoms with Gasteiger partial charge in [0.25, 0.3) is 0 Å². The molecular weight excluding hydrogens is 220 g/mol. The number of nitrogens with zero attached hydrogens (tertiary/aromatic N) is 1. The number of nitrogens with one attached hydrogen (secondary N) is 1. The van der Waals surface area contributed by atoms with E-state index >= 15 is 0 Å². The summed E-state index contributed by atoms with van der Waals surface area (Å²) in [7, 11) is 2.16. The van der Waals surface area contributed by atoms with Gasteiger partial charge in [-0.1, -0.05) is 39.5 Å². The van der Waals surface area contributed by atoms with Crippen molar-refractivity contribution < 1.29 is 0 Å². The summed E-state index contributed by atoms with van der Waals surface area (Å²) in [5.74, 6) is 0. The molecule has 2 unspecified atom stereocenters. The second kappa shape index (κ2) is 6.38. The highest BCUT2D eigenvalue weighted by molar-refractivity contribution is 4.89. The van der Waals surface area contributed by atoms with Gasteiger partial charge in [0.1, 0.15) is 0 Å². The molecule has 0 bridgehead atoms. The molecule has 2 nitrogen and oxygen atoms in total. The van der Waals surface area contributed by atoms with E-state index in [9.17, 15) is 0 Å². The van der Waals surface area contributed by atoms with Gasteiger partial charge in [0.2, 0.25) is 0 Å². The largest absolute Gasteiger partial charge is 0.315 e. The highest BCUT2D eigenvalue weighted by Gasteiger charge is 2.32. The SMILES string of the molecule is CNC1CCCCCCC1N1CCC(C)(C)CC1. The van der Waals surface area contributed by atoms with E-state index in [0.717, 1.165) is 12.1 Å². The molecule has 2 fully saturated rings. The van der Waals surface area contributed by atoms with E-state index in [0.29, 0.717) is 5.41 Å². The molecule has 2 atom stereocenters. The lowest BCUT2D eigenvalue weighted by Gasteiger charge is -2.44. The minimum atomic E-state index is 0.577. The van der Waals surface area contributed by atoms with E-state index in [1.807, 2.05) is 0 Å². The molecule has 0 aromatic carbocycles. The molecule has 18 heavy (non-hydrogen) atoms. The van der Waals surface area contributed by atoms with Gasteiger partial charge in [0.05, 0.1) is 0 Å². The van der Waals surface area contributed by atoms with Crippen molar-refractivity contribution in [2.75, 3.05) is 20.1 Å². The maximum Gasteiger partial charge on any atom is 0.0249 e. The molecule has 0 aromatic heterocycles. The quantitative estimate of drug-likeness (QED) is 0.810. The molecule has 1 aliphatic carbocycles. The molecule has 2 rings (SSSR count). The fourth-order valence-corrected chi connectivity index (χ4v) is 3.70. The van der Waals surface area contributed by atoms with Gasteiger partial charge in [-0.3, -0.25) is 4.90 Å². The zero-order valence-electron chi connectivity index (χ0n) is 12.7. The highest BCUT2D eigenvalue weighted by atomic mass is 15.2. The fraction of sp³-hybridized carbons (Fsp3) is 1.00. The van der Waals surface area contributed by atoms with Crippen LogP contribution in [-0.2, 0) is 0 Å². The lowest BCUT2D eigenvalue weighted by atomic mass is 9.81. The Balaban J connectivity index is 1.95. The zero-order valence-corrected chi connectivity index (χ0v) is 12.7. The van der Waals surface area contributed by atoms with E-state index in [2.05, 4.69) is 31.1 Å². The standard InChI is InChI=1S/C16H32N2/c1-16(2)10-12-18(13-11-16)15-9-7-5-4-6-8-14(15)17-3/h14-15,17H,4-13H2,1-3H3. The summed E-state index contributed by atoms with van der Waals surface area (Å²) in [6.07, 6.45) is 11.3. The van der Waals surface area contributed by atoms with Crippen molar-refractivity contribution in [2.24, 2.45) is 5.41 Å². The van der Waals surface area contributed by atoms with Crippen LogP contribution in [0.15, 0.2) is 0 Å². The van der Waals surface area contributed by atoms with Gasteiger partial charge in [0, 0.05) is 12.1 Å². The summed E-state index contributed by atoms with van der Waals surface area (Å²) < 4.78 is 0. The Bertz CT molecular complexity index is 239. The lowest BCUT2D eigenvalue weighted by molar-refractivity contribution is 0.0664. The molecular formula is C16H32N2. The van der Waals surface area contributed by atoms with Gasteiger partial charge in [0.15, 0.2) is 0 Å². The van der Waals surface area contributed by atoms with E-state index in [-0.39, 0.29) is 0 Å². The van der Waals surface area contributed by atoms with Crippen molar-refractivity contribution in [3.63, 3.8) is 0 Å². The Morgan fingerprint density at radius 2 is 1.56 bits per heavy atom. The summed E-state index contributed by atoms with van der Waals surface area (Å²) in [6, 6.07) is 1.53. The number of likely N-dealkylation sites (tertiary alicyclic amines) is 1. The van der Waals surface area contributed by atoms with Crippen molar-refractivity contribution in [1.29, 1.82) is 0 Å². The topological polar surface area (TPSA) is 15.3 Å².